The van der Waals surface area contributed by atoms with Crippen LogP contribution in [-0.4, -0.2) is 26.4 Å². The van der Waals surface area contributed by atoms with E-state index < -0.39 is 11.5 Å². The van der Waals surface area contributed by atoms with Gasteiger partial charge in [0.15, 0.2) is 0 Å². The minimum atomic E-state index is -1.21. The molecule has 0 saturated carbocycles. The van der Waals surface area contributed by atoms with Gasteiger partial charge in [-0.3, -0.25) is 9.48 Å². The van der Waals surface area contributed by atoms with Crippen molar-refractivity contribution in [2.45, 2.75) is 45.2 Å². The van der Waals surface area contributed by atoms with Gasteiger partial charge in [0, 0.05) is 6.20 Å². The van der Waals surface area contributed by atoms with Crippen LogP contribution in [0.2, 0.25) is 0 Å². The second kappa shape index (κ2) is 4.65. The largest absolute Gasteiger partial charge is 0.480 e. The highest BCUT2D eigenvalue weighted by Crippen LogP contribution is 2.19. The van der Waals surface area contributed by atoms with Crippen molar-refractivity contribution in [3.05, 3.63) is 18.0 Å². The molecule has 16 heavy (non-hydrogen) atoms. The summed E-state index contributed by atoms with van der Waals surface area (Å²) in [5, 5.41) is 13.1. The first-order chi connectivity index (χ1) is 7.36. The molecule has 1 aromatic heterocycles. The van der Waals surface area contributed by atoms with Crippen molar-refractivity contribution >= 4 is 5.97 Å². The number of aliphatic carboxylic acids is 1. The number of nitrogens with zero attached hydrogens (tertiary/aromatic N) is 2. The Kier molecular flexibility index (Phi) is 3.70. The van der Waals surface area contributed by atoms with Gasteiger partial charge in [0.1, 0.15) is 5.54 Å². The zero-order valence-electron chi connectivity index (χ0n) is 9.97. The molecule has 0 bridgehead atoms. The van der Waals surface area contributed by atoms with Gasteiger partial charge < -0.3 is 10.8 Å². The molecule has 1 heterocycles. The Morgan fingerprint density at radius 2 is 2.38 bits per heavy atom. The van der Waals surface area contributed by atoms with Gasteiger partial charge in [0.05, 0.1) is 12.2 Å². The molecule has 0 aliphatic rings. The second-order valence-electron chi connectivity index (χ2n) is 4.46. The lowest BCUT2D eigenvalue weighted by molar-refractivity contribution is -0.143. The molecule has 90 valence electrons. The minimum Gasteiger partial charge on any atom is -0.480 e. The molecule has 0 spiro atoms. The Labute approximate surface area is 95.3 Å². The van der Waals surface area contributed by atoms with Crippen LogP contribution < -0.4 is 5.73 Å². The van der Waals surface area contributed by atoms with Gasteiger partial charge in [-0.2, -0.15) is 5.10 Å². The number of carboxylic acids is 1. The maximum atomic E-state index is 10.9. The first-order valence-electron chi connectivity index (χ1n) is 5.42. The third kappa shape index (κ3) is 2.82. The molecule has 0 radical (unpaired) electrons. The van der Waals surface area contributed by atoms with Crippen molar-refractivity contribution in [3.63, 3.8) is 0 Å². The van der Waals surface area contributed by atoms with Crippen LogP contribution in [0.25, 0.3) is 0 Å². The zero-order valence-corrected chi connectivity index (χ0v) is 9.97. The van der Waals surface area contributed by atoms with E-state index in [2.05, 4.69) is 12.0 Å². The summed E-state index contributed by atoms with van der Waals surface area (Å²) in [5.74, 6) is -0.984. The smallest absolute Gasteiger partial charge is 0.323 e. The maximum absolute atomic E-state index is 10.9. The molecular formula is C11H19N3O2. The van der Waals surface area contributed by atoms with Crippen molar-refractivity contribution in [1.29, 1.82) is 0 Å². The van der Waals surface area contributed by atoms with Gasteiger partial charge in [-0.1, -0.05) is 6.92 Å². The average molecular weight is 225 g/mol. The Morgan fingerprint density at radius 1 is 1.75 bits per heavy atom. The summed E-state index contributed by atoms with van der Waals surface area (Å²) in [6.45, 7) is 5.49. The predicted molar refractivity (Wildman–Crippen MR) is 61.2 cm³/mol. The van der Waals surface area contributed by atoms with E-state index in [9.17, 15) is 4.79 Å². The number of nitrogens with two attached hydrogens (primary N) is 1. The fourth-order valence-corrected chi connectivity index (χ4v) is 1.60. The normalized spacial score (nSPS) is 16.8. The number of carbonyl (C=O) groups is 1. The van der Waals surface area contributed by atoms with Crippen LogP contribution in [0.4, 0.5) is 0 Å². The molecule has 0 fully saturated rings. The molecule has 0 aliphatic carbocycles. The number of aromatic nitrogens is 2. The summed E-state index contributed by atoms with van der Waals surface area (Å²) in [7, 11) is 0. The minimum absolute atomic E-state index is 0.0219. The zero-order chi connectivity index (χ0) is 12.3. The number of rotatable bonds is 5. The molecule has 1 rings (SSSR count). The SMILES string of the molecule is CCc1cnn(C(C)CC(C)(N)C(=O)O)c1. The van der Waals surface area contributed by atoms with Gasteiger partial charge in [0.25, 0.3) is 0 Å². The lowest BCUT2D eigenvalue weighted by Crippen LogP contribution is -2.46. The van der Waals surface area contributed by atoms with Crippen LogP contribution in [0.1, 0.15) is 38.8 Å². The Hall–Kier alpha value is -1.36. The highest BCUT2D eigenvalue weighted by atomic mass is 16.4. The molecule has 0 aromatic carbocycles. The lowest BCUT2D eigenvalue weighted by atomic mass is 9.95. The van der Waals surface area contributed by atoms with Crippen LogP contribution in [0.3, 0.4) is 0 Å². The number of carboxylic acid groups (broad SMARTS) is 1. The van der Waals surface area contributed by atoms with Gasteiger partial charge in [0.2, 0.25) is 0 Å². The monoisotopic (exact) mass is 225 g/mol. The van der Waals surface area contributed by atoms with Crippen molar-refractivity contribution in [3.8, 4) is 0 Å². The highest BCUT2D eigenvalue weighted by Gasteiger charge is 2.30. The summed E-state index contributed by atoms with van der Waals surface area (Å²) >= 11 is 0. The summed E-state index contributed by atoms with van der Waals surface area (Å²) in [4.78, 5) is 10.9. The molecule has 2 unspecified atom stereocenters. The molecule has 0 saturated heterocycles. The summed E-state index contributed by atoms with van der Waals surface area (Å²) < 4.78 is 1.77. The van der Waals surface area contributed by atoms with E-state index in [1.165, 1.54) is 6.92 Å². The molecule has 0 aliphatic heterocycles. The Morgan fingerprint density at radius 3 is 2.81 bits per heavy atom. The van der Waals surface area contributed by atoms with E-state index in [0.29, 0.717) is 6.42 Å². The third-order valence-corrected chi connectivity index (χ3v) is 2.72. The molecule has 0 amide bonds. The van der Waals surface area contributed by atoms with Crippen molar-refractivity contribution < 1.29 is 9.90 Å². The fourth-order valence-electron chi connectivity index (χ4n) is 1.60. The average Bonchev–Trinajstić information content (AvgIpc) is 2.64. The quantitative estimate of drug-likeness (QED) is 0.789. The van der Waals surface area contributed by atoms with Crippen molar-refractivity contribution in [1.82, 2.24) is 9.78 Å². The lowest BCUT2D eigenvalue weighted by Gasteiger charge is -2.23. The number of hydrogen-bond donors (Lipinski definition) is 2. The molecule has 5 heteroatoms. The van der Waals surface area contributed by atoms with Crippen LogP contribution >= 0.6 is 0 Å². The third-order valence-electron chi connectivity index (χ3n) is 2.72. The Balaban J connectivity index is 2.72. The van der Waals surface area contributed by atoms with Crippen LogP contribution in [-0.2, 0) is 11.2 Å². The van der Waals surface area contributed by atoms with Gasteiger partial charge in [-0.15, -0.1) is 0 Å². The van der Waals surface area contributed by atoms with Gasteiger partial charge in [-0.25, -0.2) is 0 Å². The molecule has 2 atom stereocenters. The standard InChI is InChI=1S/C11H19N3O2/c1-4-9-6-13-14(7-9)8(2)5-11(3,12)10(15)16/h6-8H,4-5,12H2,1-3H3,(H,15,16). The summed E-state index contributed by atoms with van der Waals surface area (Å²) in [5.41, 5.74) is 5.63. The van der Waals surface area contributed by atoms with E-state index in [-0.39, 0.29) is 6.04 Å². The first kappa shape index (κ1) is 12.7. The molecule has 3 N–H and O–H groups in total. The maximum Gasteiger partial charge on any atom is 0.323 e. The predicted octanol–water partition coefficient (Wildman–Crippen LogP) is 1.20. The molecule has 5 nitrogen and oxygen atoms in total. The molecule has 1 aromatic rings. The summed E-state index contributed by atoms with van der Waals surface area (Å²) in [6, 6.07) is -0.0219. The van der Waals surface area contributed by atoms with Crippen LogP contribution in [0, 0.1) is 0 Å². The van der Waals surface area contributed by atoms with E-state index in [4.69, 9.17) is 10.8 Å². The van der Waals surface area contributed by atoms with Gasteiger partial charge >= 0.3 is 5.97 Å². The van der Waals surface area contributed by atoms with Crippen molar-refractivity contribution in [2.75, 3.05) is 0 Å². The topological polar surface area (TPSA) is 81.1 Å². The first-order valence-corrected chi connectivity index (χ1v) is 5.42. The van der Waals surface area contributed by atoms with Gasteiger partial charge in [-0.05, 0) is 32.3 Å². The fraction of sp³-hybridized carbons (Fsp3) is 0.636. The van der Waals surface area contributed by atoms with E-state index >= 15 is 0 Å². The van der Waals surface area contributed by atoms with Crippen LogP contribution in [0.5, 0.6) is 0 Å². The summed E-state index contributed by atoms with van der Waals surface area (Å²) in [6.07, 6.45) is 5.01. The Bertz CT molecular complexity index is 371. The molecular weight excluding hydrogens is 206 g/mol. The van der Waals surface area contributed by atoms with Crippen molar-refractivity contribution in [2.24, 2.45) is 5.73 Å². The van der Waals surface area contributed by atoms with E-state index in [0.717, 1.165) is 12.0 Å². The number of hydrogen-bond acceptors (Lipinski definition) is 3. The van der Waals surface area contributed by atoms with Crippen LogP contribution in [0.15, 0.2) is 12.4 Å². The second-order valence-corrected chi connectivity index (χ2v) is 4.46. The van der Waals surface area contributed by atoms with E-state index in [1.807, 2.05) is 13.1 Å². The number of aryl methyl sites for hydroxylation is 1. The highest BCUT2D eigenvalue weighted by molar-refractivity contribution is 5.77. The van der Waals surface area contributed by atoms with E-state index in [1.54, 1.807) is 10.9 Å².